The molecule has 5 heteroatoms. The average Bonchev–Trinajstić information content (AvgIpc) is 3.35. The number of hydrogen-bond donors (Lipinski definition) is 1. The van der Waals surface area contributed by atoms with Gasteiger partial charge in [0.05, 0.1) is 12.4 Å². The van der Waals surface area contributed by atoms with Crippen molar-refractivity contribution in [2.24, 2.45) is 0 Å². The molecule has 24 heavy (non-hydrogen) atoms. The van der Waals surface area contributed by atoms with Gasteiger partial charge in [0.25, 0.3) is 0 Å². The molecule has 2 heterocycles. The summed E-state index contributed by atoms with van der Waals surface area (Å²) < 4.78 is 2.11. The SMILES string of the molecule is C[C@H](c1ccccc1-c1ccc(-c2ncn[nH]2)cc1)n1ccnc1. The molecule has 4 aromatic rings. The van der Waals surface area contributed by atoms with Crippen LogP contribution in [0.1, 0.15) is 18.5 Å². The van der Waals surface area contributed by atoms with E-state index in [2.05, 4.69) is 80.2 Å². The highest BCUT2D eigenvalue weighted by Gasteiger charge is 2.13. The van der Waals surface area contributed by atoms with Crippen LogP contribution in [0, 0.1) is 0 Å². The van der Waals surface area contributed by atoms with Gasteiger partial charge < -0.3 is 4.57 Å². The Bertz CT molecular complexity index is 909. The molecule has 0 fully saturated rings. The van der Waals surface area contributed by atoms with Crippen molar-refractivity contribution in [1.82, 2.24) is 24.7 Å². The van der Waals surface area contributed by atoms with Crippen molar-refractivity contribution in [1.29, 1.82) is 0 Å². The van der Waals surface area contributed by atoms with Crippen LogP contribution in [0.25, 0.3) is 22.5 Å². The van der Waals surface area contributed by atoms with Crippen LogP contribution >= 0.6 is 0 Å². The van der Waals surface area contributed by atoms with Gasteiger partial charge in [-0.3, -0.25) is 5.10 Å². The van der Waals surface area contributed by atoms with Crippen LogP contribution in [-0.2, 0) is 0 Å². The van der Waals surface area contributed by atoms with Crippen molar-refractivity contribution in [2.45, 2.75) is 13.0 Å². The second kappa shape index (κ2) is 6.12. The van der Waals surface area contributed by atoms with Crippen molar-refractivity contribution in [3.8, 4) is 22.5 Å². The molecule has 0 radical (unpaired) electrons. The minimum Gasteiger partial charge on any atom is -0.330 e. The molecule has 2 aromatic carbocycles. The van der Waals surface area contributed by atoms with Crippen LogP contribution in [-0.4, -0.2) is 24.7 Å². The van der Waals surface area contributed by atoms with Gasteiger partial charge in [0, 0.05) is 18.0 Å². The lowest BCUT2D eigenvalue weighted by atomic mass is 9.95. The Kier molecular flexibility index (Phi) is 3.67. The quantitative estimate of drug-likeness (QED) is 0.620. The largest absolute Gasteiger partial charge is 0.330 e. The summed E-state index contributed by atoms with van der Waals surface area (Å²) in [4.78, 5) is 8.35. The number of nitrogens with zero attached hydrogens (tertiary/aromatic N) is 4. The minimum atomic E-state index is 0.220. The normalized spacial score (nSPS) is 12.2. The first kappa shape index (κ1) is 14.4. The summed E-state index contributed by atoms with van der Waals surface area (Å²) >= 11 is 0. The van der Waals surface area contributed by atoms with Gasteiger partial charge in [0.1, 0.15) is 6.33 Å². The van der Waals surface area contributed by atoms with E-state index in [0.29, 0.717) is 0 Å². The van der Waals surface area contributed by atoms with Crippen LogP contribution in [0.2, 0.25) is 0 Å². The second-order valence-electron chi connectivity index (χ2n) is 5.68. The highest BCUT2D eigenvalue weighted by atomic mass is 15.2. The van der Waals surface area contributed by atoms with E-state index in [-0.39, 0.29) is 6.04 Å². The maximum Gasteiger partial charge on any atom is 0.155 e. The van der Waals surface area contributed by atoms with Crippen molar-refractivity contribution >= 4 is 0 Å². The molecular formula is C19H17N5. The molecule has 0 aliphatic heterocycles. The molecule has 0 aliphatic rings. The molecule has 0 amide bonds. The van der Waals surface area contributed by atoms with Gasteiger partial charge >= 0.3 is 0 Å². The Morgan fingerprint density at radius 3 is 2.50 bits per heavy atom. The Hall–Kier alpha value is -3.21. The van der Waals surface area contributed by atoms with Crippen LogP contribution in [0.15, 0.2) is 73.6 Å². The summed E-state index contributed by atoms with van der Waals surface area (Å²) in [6, 6.07) is 17.1. The first-order valence-electron chi connectivity index (χ1n) is 7.85. The molecule has 1 N–H and O–H groups in total. The molecule has 0 bridgehead atoms. The Labute approximate surface area is 140 Å². The van der Waals surface area contributed by atoms with Crippen molar-refractivity contribution in [3.05, 3.63) is 79.1 Å². The molecule has 118 valence electrons. The number of rotatable bonds is 4. The van der Waals surface area contributed by atoms with E-state index >= 15 is 0 Å². The van der Waals surface area contributed by atoms with E-state index in [1.807, 2.05) is 18.7 Å². The summed E-state index contributed by atoms with van der Waals surface area (Å²) in [5, 5.41) is 6.79. The monoisotopic (exact) mass is 315 g/mol. The molecule has 0 saturated carbocycles. The fraction of sp³-hybridized carbons (Fsp3) is 0.105. The molecule has 2 aromatic heterocycles. The third-order valence-electron chi connectivity index (χ3n) is 4.27. The molecule has 5 nitrogen and oxygen atoms in total. The summed E-state index contributed by atoms with van der Waals surface area (Å²) in [7, 11) is 0. The lowest BCUT2D eigenvalue weighted by Gasteiger charge is -2.18. The van der Waals surface area contributed by atoms with E-state index in [4.69, 9.17) is 0 Å². The first-order chi connectivity index (χ1) is 11.8. The Morgan fingerprint density at radius 1 is 1.00 bits per heavy atom. The summed E-state index contributed by atoms with van der Waals surface area (Å²) in [6.07, 6.45) is 7.18. The lowest BCUT2D eigenvalue weighted by molar-refractivity contribution is 0.640. The second-order valence-corrected chi connectivity index (χ2v) is 5.68. The summed E-state index contributed by atoms with van der Waals surface area (Å²) in [6.45, 7) is 2.18. The molecule has 0 saturated heterocycles. The standard InChI is InChI=1S/C19H17N5/c1-14(24-11-10-20-13-24)17-4-2-3-5-18(17)15-6-8-16(9-7-15)19-21-12-22-23-19/h2-14H,1H3,(H,21,22,23)/t14-/m1/s1. The molecule has 1 atom stereocenters. The number of aromatic amines is 1. The third kappa shape index (κ3) is 2.60. The van der Waals surface area contributed by atoms with E-state index in [1.165, 1.54) is 23.0 Å². The molecule has 4 rings (SSSR count). The Balaban J connectivity index is 1.72. The van der Waals surface area contributed by atoms with Gasteiger partial charge in [-0.2, -0.15) is 5.10 Å². The maximum absolute atomic E-state index is 4.19. The van der Waals surface area contributed by atoms with Crippen molar-refractivity contribution < 1.29 is 0 Å². The zero-order chi connectivity index (χ0) is 16.4. The first-order valence-corrected chi connectivity index (χ1v) is 7.85. The topological polar surface area (TPSA) is 59.4 Å². The maximum atomic E-state index is 4.19. The van der Waals surface area contributed by atoms with Gasteiger partial charge in [-0.05, 0) is 23.6 Å². The fourth-order valence-corrected chi connectivity index (χ4v) is 2.94. The highest BCUT2D eigenvalue weighted by molar-refractivity contribution is 5.70. The van der Waals surface area contributed by atoms with Crippen LogP contribution in [0.5, 0.6) is 0 Å². The van der Waals surface area contributed by atoms with Gasteiger partial charge in [-0.1, -0.05) is 48.5 Å². The van der Waals surface area contributed by atoms with Crippen LogP contribution in [0.3, 0.4) is 0 Å². The predicted molar refractivity (Wildman–Crippen MR) is 93.3 cm³/mol. The van der Waals surface area contributed by atoms with Crippen LogP contribution in [0.4, 0.5) is 0 Å². The average molecular weight is 315 g/mol. The van der Waals surface area contributed by atoms with Gasteiger partial charge in [-0.25, -0.2) is 9.97 Å². The lowest BCUT2D eigenvalue weighted by Crippen LogP contribution is -2.05. The third-order valence-corrected chi connectivity index (χ3v) is 4.27. The minimum absolute atomic E-state index is 0.220. The molecular weight excluding hydrogens is 298 g/mol. The summed E-state index contributed by atoms with van der Waals surface area (Å²) in [5.41, 5.74) is 4.70. The number of imidazole rings is 1. The van der Waals surface area contributed by atoms with Gasteiger partial charge in [-0.15, -0.1) is 0 Å². The number of hydrogen-bond acceptors (Lipinski definition) is 3. The zero-order valence-electron chi connectivity index (χ0n) is 13.3. The van der Waals surface area contributed by atoms with Gasteiger partial charge in [0.2, 0.25) is 0 Å². The van der Waals surface area contributed by atoms with E-state index < -0.39 is 0 Å². The summed E-state index contributed by atoms with van der Waals surface area (Å²) in [5.74, 6) is 0.779. The van der Waals surface area contributed by atoms with E-state index in [0.717, 1.165) is 11.4 Å². The van der Waals surface area contributed by atoms with E-state index in [9.17, 15) is 0 Å². The molecule has 0 spiro atoms. The van der Waals surface area contributed by atoms with Crippen molar-refractivity contribution in [2.75, 3.05) is 0 Å². The van der Waals surface area contributed by atoms with Crippen LogP contribution < -0.4 is 0 Å². The number of aromatic nitrogens is 5. The predicted octanol–water partition coefficient (Wildman–Crippen LogP) is 3.94. The highest BCUT2D eigenvalue weighted by Crippen LogP contribution is 2.31. The van der Waals surface area contributed by atoms with Gasteiger partial charge in [0.15, 0.2) is 5.82 Å². The van der Waals surface area contributed by atoms with E-state index in [1.54, 1.807) is 0 Å². The fourth-order valence-electron chi connectivity index (χ4n) is 2.94. The molecule has 0 aliphatic carbocycles. The Morgan fingerprint density at radius 2 is 1.79 bits per heavy atom. The molecule has 0 unspecified atom stereocenters. The number of benzene rings is 2. The number of H-pyrrole nitrogens is 1. The van der Waals surface area contributed by atoms with Crippen molar-refractivity contribution in [3.63, 3.8) is 0 Å². The number of nitrogens with one attached hydrogen (secondary N) is 1. The zero-order valence-corrected chi connectivity index (χ0v) is 13.3. The smallest absolute Gasteiger partial charge is 0.155 e.